The van der Waals surface area contributed by atoms with Gasteiger partial charge in [-0.1, -0.05) is 84.2 Å². The Morgan fingerprint density at radius 2 is 1.80 bits per heavy atom. The molecule has 0 saturated carbocycles. The molecule has 1 amide bonds. The van der Waals surface area contributed by atoms with Gasteiger partial charge in [0.1, 0.15) is 12.7 Å². The molecule has 0 fully saturated rings. The molecule has 0 aliphatic carbocycles. The van der Waals surface area contributed by atoms with E-state index in [0.29, 0.717) is 16.7 Å². The molecular formula is C25H32Cl3N4NaOS. The molecule has 186 valence electrons. The Labute approximate surface area is 251 Å². The van der Waals surface area contributed by atoms with E-state index in [1.807, 2.05) is 59.8 Å². The minimum absolute atomic E-state index is 0. The minimum atomic E-state index is 0. The maximum Gasteiger partial charge on any atom is 1.00 e. The molecule has 1 unspecified atom stereocenters. The van der Waals surface area contributed by atoms with Crippen LogP contribution in [-0.2, 0) is 12.3 Å². The number of hydrogen-bond donors (Lipinski definition) is 0. The van der Waals surface area contributed by atoms with Gasteiger partial charge in [0.05, 0.1) is 0 Å². The van der Waals surface area contributed by atoms with E-state index in [1.165, 1.54) is 11.8 Å². The molecular weight excluding hydrogens is 534 g/mol. The molecule has 3 aromatic rings. The molecule has 0 aliphatic rings. The second-order valence-corrected chi connectivity index (χ2v) is 9.76. The Balaban J connectivity index is 0.000000649. The average molecular weight is 566 g/mol. The van der Waals surface area contributed by atoms with Crippen molar-refractivity contribution in [2.75, 3.05) is 13.1 Å². The first-order valence-electron chi connectivity index (χ1n) is 11.3. The summed E-state index contributed by atoms with van der Waals surface area (Å²) in [7, 11) is 0. The van der Waals surface area contributed by atoms with Gasteiger partial charge in [0.15, 0.2) is 0 Å². The van der Waals surface area contributed by atoms with Crippen molar-refractivity contribution in [3.8, 4) is 0 Å². The summed E-state index contributed by atoms with van der Waals surface area (Å²) in [6.07, 6.45) is 5.43. The fraction of sp³-hybridized carbons (Fsp3) is 0.400. The molecule has 5 nitrogen and oxygen atoms in total. The first-order chi connectivity index (χ1) is 16.4. The van der Waals surface area contributed by atoms with Gasteiger partial charge in [0.2, 0.25) is 0 Å². The van der Waals surface area contributed by atoms with Crippen molar-refractivity contribution < 1.29 is 35.8 Å². The Morgan fingerprint density at radius 3 is 2.37 bits per heavy atom. The monoisotopic (exact) mass is 564 g/mol. The second kappa shape index (κ2) is 17.7. The Morgan fingerprint density at radius 1 is 1.09 bits per heavy atom. The normalized spacial score (nSPS) is 11.1. The fourth-order valence-electron chi connectivity index (χ4n) is 3.41. The van der Waals surface area contributed by atoms with Crippen molar-refractivity contribution >= 4 is 51.8 Å². The van der Waals surface area contributed by atoms with Crippen molar-refractivity contribution in [3.63, 3.8) is 0 Å². The molecule has 3 rings (SSSR count). The van der Waals surface area contributed by atoms with E-state index in [1.54, 1.807) is 18.7 Å². The summed E-state index contributed by atoms with van der Waals surface area (Å²) in [6, 6.07) is 13.3. The third kappa shape index (κ3) is 11.0. The van der Waals surface area contributed by atoms with Gasteiger partial charge in [0, 0.05) is 46.4 Å². The second-order valence-electron chi connectivity index (χ2n) is 7.59. The maximum atomic E-state index is 11.7. The van der Waals surface area contributed by atoms with E-state index < -0.39 is 0 Å². The van der Waals surface area contributed by atoms with Crippen LogP contribution in [0.3, 0.4) is 0 Å². The number of thioether (sulfide) groups is 1. The van der Waals surface area contributed by atoms with Crippen molar-refractivity contribution in [2.45, 2.75) is 51.8 Å². The van der Waals surface area contributed by atoms with Gasteiger partial charge < -0.3 is 6.33 Å². The largest absolute Gasteiger partial charge is 1.00 e. The summed E-state index contributed by atoms with van der Waals surface area (Å²) in [6.45, 7) is 8.43. The predicted molar refractivity (Wildman–Crippen MR) is 146 cm³/mol. The smallest absolute Gasteiger partial charge is 1.00 e. The molecule has 0 radical (unpaired) electrons. The number of amides is 1. The van der Waals surface area contributed by atoms with Gasteiger partial charge in [-0.3, -0.25) is 9.48 Å². The summed E-state index contributed by atoms with van der Waals surface area (Å²) in [5.74, 6) is 0.969. The molecule has 0 saturated heterocycles. The SMILES string of the molecule is CCCC(Cn1cncn1)c1ccc(Cl)cc1Cl.CCN(CC)C(=O)SCc1ccccc1Cl.[H-].[Na+]. The molecule has 0 N–H and O–H groups in total. The summed E-state index contributed by atoms with van der Waals surface area (Å²) in [5.41, 5.74) is 2.13. The number of hydrogen-bond acceptors (Lipinski definition) is 4. The standard InChI is InChI=1S/C13H15Cl2N3.C12H16ClNOS.Na.H/c1-2-3-10(7-18-9-16-8-17-18)12-5-4-11(14)6-13(12)15;1-3-14(4-2)12(15)16-9-10-7-5-6-8-11(10)13;;/h4-6,8-10H,2-3,7H2,1H3;5-8H,3-4,9H2,1-2H3;;/q;;+1;-1. The molecule has 10 heteroatoms. The summed E-state index contributed by atoms with van der Waals surface area (Å²) >= 11 is 19.5. The van der Waals surface area contributed by atoms with E-state index in [2.05, 4.69) is 17.0 Å². The topological polar surface area (TPSA) is 51.0 Å². The molecule has 0 aliphatic heterocycles. The van der Waals surface area contributed by atoms with Gasteiger partial charge in [-0.05, 0) is 49.6 Å². The van der Waals surface area contributed by atoms with Crippen molar-refractivity contribution in [3.05, 3.63) is 81.3 Å². The first kappa shape index (κ1) is 32.3. The zero-order chi connectivity index (χ0) is 24.9. The molecule has 1 aromatic heterocycles. The van der Waals surface area contributed by atoms with Crippen molar-refractivity contribution in [1.82, 2.24) is 19.7 Å². The number of benzene rings is 2. The van der Waals surface area contributed by atoms with Crippen LogP contribution >= 0.6 is 46.6 Å². The van der Waals surface area contributed by atoms with Crippen LogP contribution in [0.4, 0.5) is 4.79 Å². The Bertz CT molecular complexity index is 1030. The summed E-state index contributed by atoms with van der Waals surface area (Å²) < 4.78 is 1.84. The third-order valence-corrected chi connectivity index (χ3v) is 7.14. The van der Waals surface area contributed by atoms with Crippen LogP contribution in [0.15, 0.2) is 55.1 Å². The van der Waals surface area contributed by atoms with Crippen LogP contribution in [0.1, 0.15) is 52.1 Å². The van der Waals surface area contributed by atoms with Gasteiger partial charge in [0.25, 0.3) is 5.24 Å². The van der Waals surface area contributed by atoms with Crippen molar-refractivity contribution in [2.24, 2.45) is 0 Å². The fourth-order valence-corrected chi connectivity index (χ4v) is 5.22. The number of rotatable bonds is 9. The van der Waals surface area contributed by atoms with Crippen LogP contribution in [0.25, 0.3) is 0 Å². The quantitative estimate of drug-likeness (QED) is 0.330. The van der Waals surface area contributed by atoms with Crippen LogP contribution in [0.5, 0.6) is 0 Å². The number of carbonyl (C=O) groups is 1. The van der Waals surface area contributed by atoms with E-state index in [9.17, 15) is 4.79 Å². The first-order valence-corrected chi connectivity index (χ1v) is 13.4. The van der Waals surface area contributed by atoms with Gasteiger partial charge in [-0.15, -0.1) is 0 Å². The summed E-state index contributed by atoms with van der Waals surface area (Å²) in [4.78, 5) is 17.5. The van der Waals surface area contributed by atoms with E-state index in [4.69, 9.17) is 34.8 Å². The zero-order valence-electron chi connectivity index (χ0n) is 21.8. The molecule has 1 atom stereocenters. The third-order valence-electron chi connectivity index (χ3n) is 5.24. The van der Waals surface area contributed by atoms with Gasteiger partial charge in [-0.25, -0.2) is 4.98 Å². The van der Waals surface area contributed by atoms with E-state index in [0.717, 1.165) is 53.6 Å². The molecule has 2 aromatic carbocycles. The zero-order valence-corrected chi connectivity index (χ0v) is 25.8. The van der Waals surface area contributed by atoms with Crippen molar-refractivity contribution in [1.29, 1.82) is 0 Å². The predicted octanol–water partition coefficient (Wildman–Crippen LogP) is 5.32. The van der Waals surface area contributed by atoms with Gasteiger partial charge >= 0.3 is 29.6 Å². The molecule has 35 heavy (non-hydrogen) atoms. The van der Waals surface area contributed by atoms with Crippen LogP contribution in [0.2, 0.25) is 15.1 Å². The number of nitrogens with zero attached hydrogens (tertiary/aromatic N) is 4. The number of aromatic nitrogens is 3. The molecule has 0 spiro atoms. The van der Waals surface area contributed by atoms with E-state index in [-0.39, 0.29) is 36.2 Å². The summed E-state index contributed by atoms with van der Waals surface area (Å²) in [5, 5.41) is 6.38. The van der Waals surface area contributed by atoms with Crippen LogP contribution < -0.4 is 29.6 Å². The van der Waals surface area contributed by atoms with Crippen LogP contribution in [0, 0.1) is 0 Å². The number of carbonyl (C=O) groups excluding carboxylic acids is 1. The molecule has 1 heterocycles. The Hall–Kier alpha value is -0.730. The molecule has 0 bridgehead atoms. The van der Waals surface area contributed by atoms with Gasteiger partial charge in [-0.2, -0.15) is 5.10 Å². The maximum absolute atomic E-state index is 11.7. The average Bonchev–Trinajstić information content (AvgIpc) is 3.33. The Kier molecular flexibility index (Phi) is 16.3. The number of halogens is 3. The minimum Gasteiger partial charge on any atom is -1.00 e. The van der Waals surface area contributed by atoms with E-state index >= 15 is 0 Å². The van der Waals surface area contributed by atoms with Crippen LogP contribution in [-0.4, -0.2) is 38.0 Å².